The molecule has 16 heavy (non-hydrogen) atoms. The Morgan fingerprint density at radius 3 is 2.25 bits per heavy atom. The van der Waals surface area contributed by atoms with Gasteiger partial charge in [-0.15, -0.1) is 13.2 Å². The molecule has 0 aliphatic rings. The van der Waals surface area contributed by atoms with Crippen molar-refractivity contribution >= 4 is 11.6 Å². The van der Waals surface area contributed by atoms with E-state index in [-0.39, 0.29) is 0 Å². The van der Waals surface area contributed by atoms with Gasteiger partial charge in [0.1, 0.15) is 0 Å². The molecule has 2 nitrogen and oxygen atoms in total. The lowest BCUT2D eigenvalue weighted by Gasteiger charge is -2.10. The van der Waals surface area contributed by atoms with Gasteiger partial charge in [-0.1, -0.05) is 11.6 Å². The second kappa shape index (κ2) is 4.36. The van der Waals surface area contributed by atoms with Crippen molar-refractivity contribution in [1.82, 2.24) is 4.98 Å². The van der Waals surface area contributed by atoms with E-state index < -0.39 is 35.2 Å². The van der Waals surface area contributed by atoms with Crippen LogP contribution < -0.4 is 4.74 Å². The maximum atomic E-state index is 12.8. The van der Waals surface area contributed by atoms with Gasteiger partial charge in [-0.05, 0) is 0 Å². The molecule has 0 amide bonds. The summed E-state index contributed by atoms with van der Waals surface area (Å²) in [5.41, 5.74) is -1.27. The molecule has 1 aromatic heterocycles. The van der Waals surface area contributed by atoms with Crippen LogP contribution in [0.3, 0.4) is 0 Å². The summed E-state index contributed by atoms with van der Waals surface area (Å²) in [5, 5.41) is -0.887. The molecule has 1 rings (SSSR count). The van der Waals surface area contributed by atoms with E-state index in [4.69, 9.17) is 11.6 Å². The zero-order valence-electron chi connectivity index (χ0n) is 7.16. The molecule has 0 aromatic carbocycles. The number of halogens is 7. The maximum absolute atomic E-state index is 12.8. The number of alkyl halides is 5. The van der Waals surface area contributed by atoms with Crippen molar-refractivity contribution in [3.8, 4) is 5.88 Å². The number of rotatable bonds is 2. The molecule has 0 saturated carbocycles. The molecular formula is C7H2ClF6NO. The van der Waals surface area contributed by atoms with Gasteiger partial charge < -0.3 is 4.74 Å². The van der Waals surface area contributed by atoms with Crippen molar-refractivity contribution in [3.05, 3.63) is 22.6 Å². The average molecular weight is 266 g/mol. The fourth-order valence-electron chi connectivity index (χ4n) is 0.839. The molecule has 0 aliphatic carbocycles. The first-order valence-corrected chi connectivity index (χ1v) is 3.98. The minimum absolute atomic E-state index is 0.361. The first-order chi connectivity index (χ1) is 7.20. The number of aromatic nitrogens is 1. The molecule has 0 radical (unpaired) electrons. The maximum Gasteiger partial charge on any atom is 0.574 e. The first-order valence-electron chi connectivity index (χ1n) is 3.60. The predicted molar refractivity (Wildman–Crippen MR) is 40.8 cm³/mol. The van der Waals surface area contributed by atoms with Crippen LogP contribution >= 0.6 is 11.6 Å². The lowest BCUT2D eigenvalue weighted by atomic mass is 10.3. The Balaban J connectivity index is 3.10. The van der Waals surface area contributed by atoms with Crippen molar-refractivity contribution in [1.29, 1.82) is 0 Å². The average Bonchev–Trinajstić information content (AvgIpc) is 1.96. The summed E-state index contributed by atoms with van der Waals surface area (Å²) in [6, 6.07) is 0.361. The summed E-state index contributed by atoms with van der Waals surface area (Å²) in [6.45, 7) is 0. The molecule has 0 atom stereocenters. The lowest BCUT2D eigenvalue weighted by Crippen LogP contribution is -2.18. The van der Waals surface area contributed by atoms with Gasteiger partial charge in [0.2, 0.25) is 11.8 Å². The zero-order chi connectivity index (χ0) is 12.5. The summed E-state index contributed by atoms with van der Waals surface area (Å²) in [5.74, 6) is -3.04. The molecule has 0 saturated heterocycles. The van der Waals surface area contributed by atoms with Crippen molar-refractivity contribution in [2.45, 2.75) is 12.8 Å². The Hall–Kier alpha value is -1.18. The first kappa shape index (κ1) is 12.9. The van der Waals surface area contributed by atoms with Gasteiger partial charge in [0.25, 0.3) is 6.43 Å². The Labute approximate surface area is 89.8 Å². The van der Waals surface area contributed by atoms with Crippen LogP contribution in [0, 0.1) is 5.95 Å². The Bertz CT molecular complexity index is 370. The fourth-order valence-corrected chi connectivity index (χ4v) is 1.09. The van der Waals surface area contributed by atoms with E-state index in [1.165, 1.54) is 0 Å². The van der Waals surface area contributed by atoms with Crippen LogP contribution in [-0.2, 0) is 0 Å². The standard InChI is InChI=1S/C7H2ClF6NO/c8-2-1-3(16-7(12,13)14)15-6(11)4(2)5(9)10/h1,5H. The molecule has 0 bridgehead atoms. The highest BCUT2D eigenvalue weighted by atomic mass is 35.5. The van der Waals surface area contributed by atoms with Crippen molar-refractivity contribution in [2.75, 3.05) is 0 Å². The highest BCUT2D eigenvalue weighted by molar-refractivity contribution is 6.31. The van der Waals surface area contributed by atoms with Crippen molar-refractivity contribution < 1.29 is 31.1 Å². The molecule has 0 spiro atoms. The van der Waals surface area contributed by atoms with E-state index in [2.05, 4.69) is 9.72 Å². The van der Waals surface area contributed by atoms with Gasteiger partial charge in [0, 0.05) is 6.07 Å². The third kappa shape index (κ3) is 3.16. The van der Waals surface area contributed by atoms with Crippen LogP contribution in [0.1, 0.15) is 12.0 Å². The molecule has 1 heterocycles. The number of hydrogen-bond donors (Lipinski definition) is 0. The fraction of sp³-hybridized carbons (Fsp3) is 0.286. The Morgan fingerprint density at radius 2 is 1.88 bits per heavy atom. The van der Waals surface area contributed by atoms with Crippen LogP contribution in [0.2, 0.25) is 5.02 Å². The van der Waals surface area contributed by atoms with Gasteiger partial charge >= 0.3 is 6.36 Å². The molecule has 0 fully saturated rings. The molecule has 0 N–H and O–H groups in total. The molecule has 0 aliphatic heterocycles. The van der Waals surface area contributed by atoms with Crippen LogP contribution in [0.5, 0.6) is 5.88 Å². The van der Waals surface area contributed by atoms with Crippen LogP contribution in [-0.4, -0.2) is 11.3 Å². The van der Waals surface area contributed by atoms with Gasteiger partial charge in [-0.2, -0.15) is 9.37 Å². The van der Waals surface area contributed by atoms with Gasteiger partial charge in [-0.3, -0.25) is 0 Å². The summed E-state index contributed by atoms with van der Waals surface area (Å²) in [6.07, 6.45) is -8.38. The number of pyridine rings is 1. The highest BCUT2D eigenvalue weighted by Gasteiger charge is 2.33. The van der Waals surface area contributed by atoms with E-state index in [0.29, 0.717) is 6.07 Å². The smallest absolute Gasteiger partial charge is 0.388 e. The molecule has 9 heteroatoms. The molecule has 90 valence electrons. The van der Waals surface area contributed by atoms with Gasteiger partial charge in [0.05, 0.1) is 10.6 Å². The summed E-state index contributed by atoms with van der Waals surface area (Å²) in [7, 11) is 0. The van der Waals surface area contributed by atoms with Gasteiger partial charge in [-0.25, -0.2) is 8.78 Å². The zero-order valence-corrected chi connectivity index (χ0v) is 7.91. The molecule has 1 aromatic rings. The Kier molecular flexibility index (Phi) is 3.51. The number of nitrogens with zero attached hydrogens (tertiary/aromatic N) is 1. The normalized spacial score (nSPS) is 12.0. The van der Waals surface area contributed by atoms with Gasteiger partial charge in [0.15, 0.2) is 0 Å². The van der Waals surface area contributed by atoms with Crippen LogP contribution in [0.15, 0.2) is 6.07 Å². The minimum atomic E-state index is -5.10. The largest absolute Gasteiger partial charge is 0.574 e. The monoisotopic (exact) mass is 265 g/mol. The SMILES string of the molecule is Fc1nc(OC(F)(F)F)cc(Cl)c1C(F)F. The van der Waals surface area contributed by atoms with E-state index in [1.807, 2.05) is 0 Å². The van der Waals surface area contributed by atoms with Crippen molar-refractivity contribution in [3.63, 3.8) is 0 Å². The summed E-state index contributed by atoms with van der Waals surface area (Å²) >= 11 is 5.15. The summed E-state index contributed by atoms with van der Waals surface area (Å²) < 4.78 is 75.4. The molecular weight excluding hydrogens is 264 g/mol. The quantitative estimate of drug-likeness (QED) is 0.601. The molecule has 0 unspecified atom stereocenters. The predicted octanol–water partition coefficient (Wildman–Crippen LogP) is 3.71. The summed E-state index contributed by atoms with van der Waals surface area (Å²) in [4.78, 5) is 2.57. The van der Waals surface area contributed by atoms with E-state index >= 15 is 0 Å². The van der Waals surface area contributed by atoms with Crippen LogP contribution in [0.4, 0.5) is 26.3 Å². The second-order valence-corrected chi connectivity index (χ2v) is 2.90. The number of ether oxygens (including phenoxy) is 1. The van der Waals surface area contributed by atoms with Crippen LogP contribution in [0.25, 0.3) is 0 Å². The highest BCUT2D eigenvalue weighted by Crippen LogP contribution is 2.32. The third-order valence-electron chi connectivity index (χ3n) is 1.38. The topological polar surface area (TPSA) is 22.1 Å². The lowest BCUT2D eigenvalue weighted by molar-refractivity contribution is -0.276. The van der Waals surface area contributed by atoms with Crippen molar-refractivity contribution in [2.24, 2.45) is 0 Å². The third-order valence-corrected chi connectivity index (χ3v) is 1.69. The second-order valence-electron chi connectivity index (χ2n) is 2.50. The Morgan fingerprint density at radius 1 is 1.31 bits per heavy atom. The minimum Gasteiger partial charge on any atom is -0.388 e. The van der Waals surface area contributed by atoms with E-state index in [9.17, 15) is 26.3 Å². The van der Waals surface area contributed by atoms with E-state index in [0.717, 1.165) is 0 Å². The van der Waals surface area contributed by atoms with E-state index in [1.54, 1.807) is 0 Å². The number of hydrogen-bond acceptors (Lipinski definition) is 2.